The Balaban J connectivity index is 1.28. The van der Waals surface area contributed by atoms with Crippen LogP contribution in [0.5, 0.6) is 5.75 Å². The van der Waals surface area contributed by atoms with E-state index < -0.39 is 55.9 Å². The van der Waals surface area contributed by atoms with Crippen molar-refractivity contribution >= 4 is 25.1 Å². The largest absolute Gasteiger partial charge is 0.461 e. The normalized spacial score (nSPS) is 22.9. The van der Waals surface area contributed by atoms with E-state index in [9.17, 15) is 24.8 Å². The van der Waals surface area contributed by atoms with E-state index in [0.717, 1.165) is 5.56 Å². The third-order valence-corrected chi connectivity index (χ3v) is 9.22. The zero-order chi connectivity index (χ0) is 34.5. The highest BCUT2D eigenvalue weighted by Gasteiger charge is 2.57. The molecule has 0 saturated carbocycles. The van der Waals surface area contributed by atoms with E-state index in [2.05, 4.69) is 15.2 Å². The number of esters is 1. The molecule has 0 amide bonds. The van der Waals surface area contributed by atoms with Crippen molar-refractivity contribution in [1.29, 1.82) is 5.26 Å². The molecule has 254 valence electrons. The zero-order valence-electron chi connectivity index (χ0n) is 26.5. The molecule has 1 aliphatic heterocycles. The predicted octanol–water partition coefficient (Wildman–Crippen LogP) is 3.09. The van der Waals surface area contributed by atoms with Gasteiger partial charge in [0.05, 0.1) is 17.9 Å². The van der Waals surface area contributed by atoms with E-state index in [1.54, 1.807) is 44.2 Å². The number of aliphatic hydroxyl groups excluding tert-OH is 2. The molecule has 3 heterocycles. The Kier molecular flexibility index (Phi) is 10.5. The first-order valence-corrected chi connectivity index (χ1v) is 16.5. The summed E-state index contributed by atoms with van der Waals surface area (Å²) >= 11 is 0. The molecule has 4 aromatic rings. The van der Waals surface area contributed by atoms with Crippen molar-refractivity contribution in [3.8, 4) is 11.8 Å². The number of nitrogen functional groups attached to an aromatic ring is 1. The van der Waals surface area contributed by atoms with Crippen molar-refractivity contribution in [2.75, 3.05) is 18.9 Å². The molecular formula is C32H37N6O9P. The van der Waals surface area contributed by atoms with Crippen LogP contribution in [0.3, 0.4) is 0 Å². The SMILES string of the molecule is C[C@H](NP(=O)(OC[C@@]1(C#N)O[C@@H](c2ccc3c(N)ncnn23)[C@H](O)[C@@H]1O)Oc1ccccc1)C(=O)OCC(C)(C)OCc1ccccc1. The Morgan fingerprint density at radius 1 is 1.17 bits per heavy atom. The van der Waals surface area contributed by atoms with Gasteiger partial charge in [-0.3, -0.25) is 9.32 Å². The molecule has 1 fully saturated rings. The van der Waals surface area contributed by atoms with Crippen molar-refractivity contribution in [1.82, 2.24) is 19.7 Å². The lowest BCUT2D eigenvalue weighted by molar-refractivity contribution is -0.155. The van der Waals surface area contributed by atoms with Crippen LogP contribution in [0.15, 0.2) is 79.1 Å². The van der Waals surface area contributed by atoms with Gasteiger partial charge in [0.2, 0.25) is 5.60 Å². The van der Waals surface area contributed by atoms with Crippen molar-refractivity contribution in [3.05, 3.63) is 90.4 Å². The van der Waals surface area contributed by atoms with Crippen LogP contribution in [0.1, 0.15) is 38.1 Å². The highest BCUT2D eigenvalue weighted by atomic mass is 31.2. The highest BCUT2D eigenvalue weighted by molar-refractivity contribution is 7.52. The van der Waals surface area contributed by atoms with E-state index in [1.165, 1.54) is 29.9 Å². The summed E-state index contributed by atoms with van der Waals surface area (Å²) in [5.74, 6) is -0.492. The number of hydrogen-bond donors (Lipinski definition) is 4. The maximum Gasteiger partial charge on any atom is 0.459 e. The van der Waals surface area contributed by atoms with Crippen molar-refractivity contribution in [3.63, 3.8) is 0 Å². The third kappa shape index (κ3) is 7.83. The van der Waals surface area contributed by atoms with E-state index in [4.69, 9.17) is 29.0 Å². The molecule has 0 bridgehead atoms. The molecule has 1 unspecified atom stereocenters. The smallest absolute Gasteiger partial charge is 0.459 e. The van der Waals surface area contributed by atoms with Crippen LogP contribution in [0.4, 0.5) is 5.82 Å². The predicted molar refractivity (Wildman–Crippen MR) is 171 cm³/mol. The molecule has 5 N–H and O–H groups in total. The molecule has 16 heteroatoms. The molecule has 2 aromatic carbocycles. The monoisotopic (exact) mass is 680 g/mol. The summed E-state index contributed by atoms with van der Waals surface area (Å²) in [7, 11) is -4.50. The summed E-state index contributed by atoms with van der Waals surface area (Å²) in [6.07, 6.45) is -3.49. The van der Waals surface area contributed by atoms with Crippen molar-refractivity contribution < 1.29 is 42.8 Å². The molecule has 2 aromatic heterocycles. The Morgan fingerprint density at radius 3 is 2.54 bits per heavy atom. The van der Waals surface area contributed by atoms with Crippen molar-refractivity contribution in [2.45, 2.75) is 62.9 Å². The van der Waals surface area contributed by atoms with Crippen molar-refractivity contribution in [2.24, 2.45) is 0 Å². The number of fused-ring (bicyclic) bond motifs is 1. The second-order valence-electron chi connectivity index (χ2n) is 11.8. The maximum atomic E-state index is 14.2. The first kappa shape index (κ1) is 34.9. The molecule has 5 rings (SSSR count). The maximum absolute atomic E-state index is 14.2. The molecule has 0 radical (unpaired) electrons. The Morgan fingerprint density at radius 2 is 1.85 bits per heavy atom. The van der Waals surface area contributed by atoms with Gasteiger partial charge in [-0.05, 0) is 50.6 Å². The van der Waals surface area contributed by atoms with Crippen LogP contribution < -0.4 is 15.3 Å². The number of nitriles is 1. The lowest BCUT2D eigenvalue weighted by atomic mass is 9.96. The quantitative estimate of drug-likeness (QED) is 0.111. The number of para-hydroxylation sites is 1. The molecular weight excluding hydrogens is 643 g/mol. The summed E-state index contributed by atoms with van der Waals surface area (Å²) in [6.45, 7) is 4.29. The van der Waals surface area contributed by atoms with Gasteiger partial charge in [0.1, 0.15) is 61.2 Å². The minimum atomic E-state index is -4.50. The highest BCUT2D eigenvalue weighted by Crippen LogP contribution is 2.48. The van der Waals surface area contributed by atoms with Crippen LogP contribution >= 0.6 is 7.75 Å². The number of nitrogens with two attached hydrogens (primary N) is 1. The Hall–Kier alpha value is -4.39. The van der Waals surface area contributed by atoms with Gasteiger partial charge in [0.15, 0.2) is 5.82 Å². The summed E-state index contributed by atoms with van der Waals surface area (Å²) < 4.78 is 44.2. The van der Waals surface area contributed by atoms with Crippen LogP contribution in [0.25, 0.3) is 5.52 Å². The molecule has 48 heavy (non-hydrogen) atoms. The molecule has 0 aliphatic carbocycles. The minimum Gasteiger partial charge on any atom is -0.461 e. The van der Waals surface area contributed by atoms with Gasteiger partial charge in [-0.1, -0.05) is 48.5 Å². The van der Waals surface area contributed by atoms with E-state index >= 15 is 0 Å². The number of anilines is 1. The molecule has 15 nitrogen and oxygen atoms in total. The summed E-state index contributed by atoms with van der Waals surface area (Å²) in [4.78, 5) is 17.0. The second kappa shape index (κ2) is 14.4. The van der Waals surface area contributed by atoms with Crippen LogP contribution in [0, 0.1) is 11.3 Å². The average Bonchev–Trinajstić information content (AvgIpc) is 3.62. The topological polar surface area (TPSA) is 213 Å². The van der Waals surface area contributed by atoms with E-state index in [-0.39, 0.29) is 23.9 Å². The van der Waals surface area contributed by atoms with Gasteiger partial charge >= 0.3 is 13.7 Å². The van der Waals surface area contributed by atoms with Gasteiger partial charge in [0.25, 0.3) is 0 Å². The third-order valence-electron chi connectivity index (χ3n) is 7.60. The average molecular weight is 681 g/mol. The van der Waals surface area contributed by atoms with Crippen LogP contribution in [-0.4, -0.2) is 73.4 Å². The van der Waals surface area contributed by atoms with Gasteiger partial charge in [-0.2, -0.15) is 15.4 Å². The first-order valence-electron chi connectivity index (χ1n) is 15.0. The summed E-state index contributed by atoms with van der Waals surface area (Å²) in [5.41, 5.74) is 4.50. The van der Waals surface area contributed by atoms with Gasteiger partial charge in [-0.25, -0.2) is 14.1 Å². The van der Waals surface area contributed by atoms with E-state index in [0.29, 0.717) is 12.1 Å². The van der Waals surface area contributed by atoms with E-state index in [1.807, 2.05) is 36.4 Å². The molecule has 6 atom stereocenters. The van der Waals surface area contributed by atoms with Crippen LogP contribution in [-0.2, 0) is 34.7 Å². The van der Waals surface area contributed by atoms with Gasteiger partial charge in [0, 0.05) is 0 Å². The number of aliphatic hydroxyl groups is 2. The fourth-order valence-corrected chi connectivity index (χ4v) is 6.44. The Bertz CT molecular complexity index is 1800. The summed E-state index contributed by atoms with van der Waals surface area (Å²) in [5, 5.41) is 38.9. The Labute approximate surface area is 276 Å². The molecule has 1 aliphatic rings. The van der Waals surface area contributed by atoms with Crippen LogP contribution in [0.2, 0.25) is 0 Å². The number of ether oxygens (including phenoxy) is 3. The fraction of sp³-hybridized carbons (Fsp3) is 0.375. The standard InChI is InChI=1S/C32H37N6O9P/c1-21(30(41)43-18-31(2,3)44-16-22-10-6-4-7-11-22)37-48(42,47-23-12-8-5-9-13-23)45-19-32(17-33)28(40)26(39)27(46-32)24-14-15-25-29(34)35-20-36-38(24)25/h4-15,20-21,26-28,39-40H,16,18-19H2,1-3H3,(H,37,42)(H2,34,35,36)/t21-,26-,27-,28-,32+,48?/m0/s1. The number of carbonyl (C=O) groups is 1. The fourth-order valence-electron chi connectivity index (χ4n) is 4.92. The lowest BCUT2D eigenvalue weighted by Crippen LogP contribution is -2.46. The number of nitrogens with zero attached hydrogens (tertiary/aromatic N) is 4. The number of carbonyl (C=O) groups excluding carboxylic acids is 1. The number of nitrogens with one attached hydrogen (secondary N) is 1. The lowest BCUT2D eigenvalue weighted by Gasteiger charge is -2.29. The second-order valence-corrected chi connectivity index (χ2v) is 13.5. The number of hydrogen-bond acceptors (Lipinski definition) is 13. The molecule has 1 saturated heterocycles. The number of benzene rings is 2. The minimum absolute atomic E-state index is 0.114. The zero-order valence-corrected chi connectivity index (χ0v) is 27.4. The first-order chi connectivity index (χ1) is 22.9. The number of aromatic nitrogens is 3. The number of rotatable bonds is 14. The summed E-state index contributed by atoms with van der Waals surface area (Å²) in [6, 6.07) is 21.3. The van der Waals surface area contributed by atoms with Gasteiger partial charge in [-0.15, -0.1) is 0 Å². The van der Waals surface area contributed by atoms with Gasteiger partial charge < -0.3 is 34.7 Å². The molecule has 0 spiro atoms.